The van der Waals surface area contributed by atoms with Gasteiger partial charge < -0.3 is 15.1 Å². The van der Waals surface area contributed by atoms with Gasteiger partial charge in [-0.25, -0.2) is 4.79 Å². The fraction of sp³-hybridized carbons (Fsp3) is 0.533. The molecule has 2 rings (SSSR count). The van der Waals surface area contributed by atoms with E-state index in [9.17, 15) is 9.90 Å². The SMILES string of the molecule is CC(C)(O)CCC[C@@]1(C)OOc2cc(C(=O)O)ccc21. The summed E-state index contributed by atoms with van der Waals surface area (Å²) in [5.41, 5.74) is -0.282. The maximum absolute atomic E-state index is 10.9. The zero-order valence-corrected chi connectivity index (χ0v) is 12.0. The third-order valence-corrected chi connectivity index (χ3v) is 3.56. The molecule has 1 atom stereocenters. The van der Waals surface area contributed by atoms with E-state index in [0.717, 1.165) is 12.0 Å². The summed E-state index contributed by atoms with van der Waals surface area (Å²) in [6.07, 6.45) is 2.13. The van der Waals surface area contributed by atoms with E-state index in [2.05, 4.69) is 0 Å². The molecule has 1 aliphatic heterocycles. The first-order valence-electron chi connectivity index (χ1n) is 6.67. The van der Waals surface area contributed by atoms with Gasteiger partial charge in [-0.05, 0) is 52.2 Å². The fourth-order valence-electron chi connectivity index (χ4n) is 2.38. The Kier molecular flexibility index (Phi) is 3.75. The molecule has 0 spiro atoms. The monoisotopic (exact) mass is 280 g/mol. The van der Waals surface area contributed by atoms with Gasteiger partial charge in [-0.15, -0.1) is 0 Å². The summed E-state index contributed by atoms with van der Waals surface area (Å²) in [5.74, 6) is -0.539. The lowest BCUT2D eigenvalue weighted by molar-refractivity contribution is -0.269. The van der Waals surface area contributed by atoms with E-state index >= 15 is 0 Å². The predicted molar refractivity (Wildman–Crippen MR) is 72.6 cm³/mol. The molecule has 1 aromatic rings. The van der Waals surface area contributed by atoms with E-state index in [1.807, 2.05) is 6.92 Å². The summed E-state index contributed by atoms with van der Waals surface area (Å²) in [7, 11) is 0. The van der Waals surface area contributed by atoms with Crippen molar-refractivity contribution in [1.82, 2.24) is 0 Å². The van der Waals surface area contributed by atoms with E-state index in [1.54, 1.807) is 26.0 Å². The summed E-state index contributed by atoms with van der Waals surface area (Å²) in [5, 5.41) is 18.7. The molecular weight excluding hydrogens is 260 g/mol. The molecule has 0 aliphatic carbocycles. The van der Waals surface area contributed by atoms with Crippen LogP contribution in [0.5, 0.6) is 5.75 Å². The molecule has 0 fully saturated rings. The minimum Gasteiger partial charge on any atom is -0.478 e. The molecule has 0 saturated heterocycles. The molecule has 1 aromatic carbocycles. The second-order valence-corrected chi connectivity index (χ2v) is 6.08. The summed E-state index contributed by atoms with van der Waals surface area (Å²) in [6.45, 7) is 5.45. The van der Waals surface area contributed by atoms with Gasteiger partial charge >= 0.3 is 5.97 Å². The summed E-state index contributed by atoms with van der Waals surface area (Å²) in [4.78, 5) is 21.5. The molecule has 1 heterocycles. The zero-order valence-electron chi connectivity index (χ0n) is 12.0. The van der Waals surface area contributed by atoms with Gasteiger partial charge in [0.15, 0.2) is 5.75 Å². The van der Waals surface area contributed by atoms with Gasteiger partial charge in [-0.1, -0.05) is 6.07 Å². The van der Waals surface area contributed by atoms with Crippen LogP contribution in [0.25, 0.3) is 0 Å². The van der Waals surface area contributed by atoms with Crippen molar-refractivity contribution in [1.29, 1.82) is 0 Å². The summed E-state index contributed by atoms with van der Waals surface area (Å²) in [6, 6.07) is 4.75. The number of carbonyl (C=O) groups is 1. The number of benzene rings is 1. The van der Waals surface area contributed by atoms with Crippen LogP contribution >= 0.6 is 0 Å². The number of aliphatic hydroxyl groups is 1. The number of fused-ring (bicyclic) bond motifs is 1. The molecule has 0 saturated carbocycles. The first kappa shape index (κ1) is 14.8. The molecule has 20 heavy (non-hydrogen) atoms. The Morgan fingerprint density at radius 3 is 2.70 bits per heavy atom. The van der Waals surface area contributed by atoms with Crippen molar-refractivity contribution >= 4 is 5.97 Å². The highest BCUT2D eigenvalue weighted by molar-refractivity contribution is 5.88. The summed E-state index contributed by atoms with van der Waals surface area (Å²) >= 11 is 0. The van der Waals surface area contributed by atoms with E-state index < -0.39 is 17.2 Å². The highest BCUT2D eigenvalue weighted by atomic mass is 17.2. The Labute approximate surface area is 118 Å². The number of hydrogen-bond donors (Lipinski definition) is 2. The van der Waals surface area contributed by atoms with Crippen LogP contribution < -0.4 is 4.89 Å². The molecule has 0 unspecified atom stereocenters. The van der Waals surface area contributed by atoms with Crippen LogP contribution in [0.4, 0.5) is 0 Å². The standard InChI is InChI=1S/C15H20O5/c1-14(2,18)7-4-8-15(3)11-6-5-10(13(16)17)9-12(11)19-20-15/h5-6,9,18H,4,7-8H2,1-3H3,(H,16,17)/t15-/m1/s1. The zero-order chi connectivity index (χ0) is 15.0. The lowest BCUT2D eigenvalue weighted by Crippen LogP contribution is -2.24. The van der Waals surface area contributed by atoms with E-state index in [1.165, 1.54) is 6.07 Å². The van der Waals surface area contributed by atoms with Gasteiger partial charge in [-0.3, -0.25) is 0 Å². The van der Waals surface area contributed by atoms with E-state index in [4.69, 9.17) is 14.9 Å². The third kappa shape index (κ3) is 3.11. The van der Waals surface area contributed by atoms with E-state index in [0.29, 0.717) is 18.6 Å². The van der Waals surface area contributed by atoms with Gasteiger partial charge in [0.25, 0.3) is 0 Å². The molecule has 0 bridgehead atoms. The van der Waals surface area contributed by atoms with Crippen LogP contribution in [0.1, 0.15) is 56.0 Å². The second kappa shape index (κ2) is 5.07. The number of aromatic carboxylic acids is 1. The van der Waals surface area contributed by atoms with Crippen molar-refractivity contribution in [3.63, 3.8) is 0 Å². The third-order valence-electron chi connectivity index (χ3n) is 3.56. The smallest absolute Gasteiger partial charge is 0.335 e. The fourth-order valence-corrected chi connectivity index (χ4v) is 2.38. The van der Waals surface area contributed by atoms with Crippen molar-refractivity contribution in [2.75, 3.05) is 0 Å². The lowest BCUT2D eigenvalue weighted by Gasteiger charge is -2.23. The number of rotatable bonds is 5. The van der Waals surface area contributed by atoms with Crippen LogP contribution in [-0.4, -0.2) is 21.8 Å². The molecule has 0 amide bonds. The molecular formula is C15H20O5. The minimum atomic E-state index is -0.993. The van der Waals surface area contributed by atoms with Crippen LogP contribution in [0.3, 0.4) is 0 Å². The average Bonchev–Trinajstić information content (AvgIpc) is 2.65. The van der Waals surface area contributed by atoms with Crippen molar-refractivity contribution < 1.29 is 24.8 Å². The van der Waals surface area contributed by atoms with Gasteiger partial charge in [0, 0.05) is 5.56 Å². The normalized spacial score (nSPS) is 21.4. The maximum Gasteiger partial charge on any atom is 0.335 e. The highest BCUT2D eigenvalue weighted by Gasteiger charge is 2.39. The van der Waals surface area contributed by atoms with Crippen molar-refractivity contribution in [3.05, 3.63) is 29.3 Å². The molecule has 5 heteroatoms. The van der Waals surface area contributed by atoms with Gasteiger partial charge in [0.1, 0.15) is 5.60 Å². The highest BCUT2D eigenvalue weighted by Crippen LogP contribution is 2.43. The average molecular weight is 280 g/mol. The van der Waals surface area contributed by atoms with Crippen molar-refractivity contribution in [2.24, 2.45) is 0 Å². The summed E-state index contributed by atoms with van der Waals surface area (Å²) < 4.78 is 0. The van der Waals surface area contributed by atoms with Crippen LogP contribution in [0.2, 0.25) is 0 Å². The first-order valence-corrected chi connectivity index (χ1v) is 6.67. The predicted octanol–water partition coefficient (Wildman–Crippen LogP) is 2.87. The van der Waals surface area contributed by atoms with Crippen LogP contribution in [0.15, 0.2) is 18.2 Å². The molecule has 1 aliphatic rings. The Morgan fingerprint density at radius 2 is 2.10 bits per heavy atom. The van der Waals surface area contributed by atoms with Crippen LogP contribution in [0, 0.1) is 0 Å². The Balaban J connectivity index is 2.12. The number of hydrogen-bond acceptors (Lipinski definition) is 4. The topological polar surface area (TPSA) is 76.0 Å². The molecule has 5 nitrogen and oxygen atoms in total. The van der Waals surface area contributed by atoms with Crippen molar-refractivity contribution in [2.45, 2.75) is 51.2 Å². The molecule has 110 valence electrons. The number of carboxylic acid groups (broad SMARTS) is 1. The molecule has 0 radical (unpaired) electrons. The molecule has 0 aromatic heterocycles. The number of carboxylic acids is 1. The van der Waals surface area contributed by atoms with Gasteiger partial charge in [0.2, 0.25) is 0 Å². The lowest BCUT2D eigenvalue weighted by atomic mass is 9.88. The minimum absolute atomic E-state index is 0.174. The Bertz CT molecular complexity index is 517. The quantitative estimate of drug-likeness (QED) is 0.811. The van der Waals surface area contributed by atoms with Gasteiger partial charge in [0.05, 0.1) is 11.2 Å². The first-order chi connectivity index (χ1) is 9.21. The van der Waals surface area contributed by atoms with E-state index in [-0.39, 0.29) is 5.56 Å². The van der Waals surface area contributed by atoms with Crippen LogP contribution in [-0.2, 0) is 10.5 Å². The van der Waals surface area contributed by atoms with Gasteiger partial charge in [-0.2, -0.15) is 4.89 Å². The maximum atomic E-state index is 10.9. The second-order valence-electron chi connectivity index (χ2n) is 6.08. The molecule has 2 N–H and O–H groups in total. The Hall–Kier alpha value is -1.59. The Morgan fingerprint density at radius 1 is 1.40 bits per heavy atom. The van der Waals surface area contributed by atoms with Crippen molar-refractivity contribution in [3.8, 4) is 5.75 Å². The largest absolute Gasteiger partial charge is 0.478 e.